The van der Waals surface area contributed by atoms with Crippen LogP contribution in [0, 0.1) is 101 Å². The van der Waals surface area contributed by atoms with E-state index in [1.54, 1.807) is 0 Å². The first-order valence-electron chi connectivity index (χ1n) is 29.4. The van der Waals surface area contributed by atoms with Gasteiger partial charge in [-0.25, -0.2) is 0 Å². The molecule has 6 rings (SSSR count). The van der Waals surface area contributed by atoms with Gasteiger partial charge in [0.25, 0.3) is 0 Å². The Bertz CT molecular complexity index is 1330. The summed E-state index contributed by atoms with van der Waals surface area (Å²) in [6, 6.07) is 0. The summed E-state index contributed by atoms with van der Waals surface area (Å²) >= 11 is 23.8. The molecular weight excluding hydrogens is 945 g/mol. The Labute approximate surface area is 453 Å². The van der Waals surface area contributed by atoms with Gasteiger partial charge in [0.2, 0.25) is 0 Å². The summed E-state index contributed by atoms with van der Waals surface area (Å²) in [4.78, 5) is 0. The van der Waals surface area contributed by atoms with Crippen LogP contribution in [0.5, 0.6) is 0 Å². The quantitative estimate of drug-likeness (QED) is 0.104. The maximum absolute atomic E-state index is 4.89. The molecule has 6 aliphatic rings. The minimum Gasteiger partial charge on any atom is -0.179 e. The van der Waals surface area contributed by atoms with Gasteiger partial charge in [0.05, 0.1) is 0 Å². The highest BCUT2D eigenvalue weighted by Crippen LogP contribution is 2.49. The van der Waals surface area contributed by atoms with Crippen LogP contribution in [0.2, 0.25) is 0 Å². The fraction of sp³-hybridized carbons (Fsp3) is 1.00. The molecule has 0 aliphatic heterocycles. The highest BCUT2D eigenvalue weighted by molar-refractivity contribution is 8.00. The standard InChI is InChI=1S/C30H56S4.C30H56S3/c1-19-7-10-25(13-28(19)31)22(4)16-33-17-23(5)27-12-9-21(3)30(15-27)34-18-24(6)26-11-8-20(2)29(32)14-26;1-7-20(2)25-9-8-10-28(15-25)32-19-24(6)27-14-12-22(4)30(17-27)33-29-16-26(23(5)18-31)13-11-21(29)3/h19-32H,7-18H2,1-6H3;20-31H,7-19H2,1-6H3. The van der Waals surface area contributed by atoms with Gasteiger partial charge >= 0.3 is 0 Å². The Morgan fingerprint density at radius 2 is 0.791 bits per heavy atom. The van der Waals surface area contributed by atoms with Crippen molar-refractivity contribution in [1.82, 2.24) is 0 Å². The van der Waals surface area contributed by atoms with Crippen molar-refractivity contribution in [2.45, 2.75) is 243 Å². The Hall–Kier alpha value is 2.45. The predicted octanol–water partition coefficient (Wildman–Crippen LogP) is 19.5. The van der Waals surface area contributed by atoms with Crippen molar-refractivity contribution in [3.05, 3.63) is 0 Å². The maximum Gasteiger partial charge on any atom is 0.00783 e. The molecule has 0 heterocycles. The summed E-state index contributed by atoms with van der Waals surface area (Å²) in [6.45, 7) is 29.9. The Morgan fingerprint density at radius 1 is 0.403 bits per heavy atom. The molecule has 0 spiro atoms. The molecule has 0 saturated heterocycles. The van der Waals surface area contributed by atoms with Gasteiger partial charge in [-0.2, -0.15) is 84.9 Å². The molecule has 67 heavy (non-hydrogen) atoms. The topological polar surface area (TPSA) is 0 Å². The normalized spacial score (nSPS) is 41.5. The monoisotopic (exact) mass is 1060 g/mol. The average Bonchev–Trinajstić information content (AvgIpc) is 3.33. The van der Waals surface area contributed by atoms with Gasteiger partial charge in [-0.05, 0) is 239 Å². The van der Waals surface area contributed by atoms with Crippen LogP contribution in [0.1, 0.15) is 212 Å². The summed E-state index contributed by atoms with van der Waals surface area (Å²) in [5.74, 6) is 21.8. The molecule has 0 N–H and O–H groups in total. The van der Waals surface area contributed by atoms with Crippen LogP contribution in [-0.2, 0) is 0 Å². The molecule has 0 aromatic carbocycles. The Morgan fingerprint density at radius 3 is 1.25 bits per heavy atom. The van der Waals surface area contributed by atoms with E-state index in [0.29, 0.717) is 10.5 Å². The van der Waals surface area contributed by atoms with Gasteiger partial charge in [0.15, 0.2) is 0 Å². The van der Waals surface area contributed by atoms with Crippen molar-refractivity contribution in [2.24, 2.45) is 101 Å². The second-order valence-electron chi connectivity index (χ2n) is 25.8. The van der Waals surface area contributed by atoms with Crippen molar-refractivity contribution in [3.63, 3.8) is 0 Å². The molecule has 6 fully saturated rings. The molecule has 0 aromatic rings. The minimum absolute atomic E-state index is 0.631. The fourth-order valence-electron chi connectivity index (χ4n) is 13.9. The van der Waals surface area contributed by atoms with Gasteiger partial charge in [0, 0.05) is 31.5 Å². The lowest BCUT2D eigenvalue weighted by atomic mass is 9.77. The van der Waals surface area contributed by atoms with Crippen molar-refractivity contribution in [2.75, 3.05) is 28.8 Å². The molecule has 6 saturated carbocycles. The zero-order chi connectivity index (χ0) is 48.8. The first kappa shape index (κ1) is 60.3. The zero-order valence-electron chi connectivity index (χ0n) is 45.9. The van der Waals surface area contributed by atoms with Crippen LogP contribution in [0.4, 0.5) is 0 Å². The number of hydrogen-bond acceptors (Lipinski definition) is 7. The first-order valence-corrected chi connectivity index (χ1v) is 35.3. The van der Waals surface area contributed by atoms with E-state index in [9.17, 15) is 0 Å². The lowest BCUT2D eigenvalue weighted by molar-refractivity contribution is 0.232. The van der Waals surface area contributed by atoms with Crippen LogP contribution < -0.4 is 0 Å². The third-order valence-electron chi connectivity index (χ3n) is 20.6. The van der Waals surface area contributed by atoms with Gasteiger partial charge < -0.3 is 0 Å². The third kappa shape index (κ3) is 19.2. The molecular formula is C60H112S7. The van der Waals surface area contributed by atoms with E-state index in [-0.39, 0.29) is 0 Å². The van der Waals surface area contributed by atoms with Crippen LogP contribution in [0.15, 0.2) is 0 Å². The molecule has 7 heteroatoms. The van der Waals surface area contributed by atoms with Crippen molar-refractivity contribution in [1.29, 1.82) is 0 Å². The minimum atomic E-state index is 0.631. The summed E-state index contributed by atoms with van der Waals surface area (Å²) in [5, 5.41) is 4.89. The number of rotatable bonds is 20. The van der Waals surface area contributed by atoms with Crippen LogP contribution in [0.3, 0.4) is 0 Å². The predicted molar refractivity (Wildman–Crippen MR) is 324 cm³/mol. The SMILES string of the molecule is CC1CCC(C(C)CSCC(C)C2CCC(C)C(SCC(C)C3CCC(C)C(S)C3)C2)CC1S.CCC(C)C1CCCC(SCC(C)C2CCC(C)C(SC3CC(C(C)CS)CCC3C)C2)C1. The van der Waals surface area contributed by atoms with Gasteiger partial charge in [-0.3, -0.25) is 0 Å². The number of hydrogen-bond donors (Lipinski definition) is 3. The molecule has 6 aliphatic carbocycles. The highest BCUT2D eigenvalue weighted by Gasteiger charge is 2.38. The third-order valence-corrected chi connectivity index (χ3v) is 29.6. The van der Waals surface area contributed by atoms with Gasteiger partial charge in [-0.15, -0.1) is 0 Å². The van der Waals surface area contributed by atoms with E-state index >= 15 is 0 Å². The van der Waals surface area contributed by atoms with E-state index in [4.69, 9.17) is 25.3 Å². The van der Waals surface area contributed by atoms with Crippen molar-refractivity contribution < 1.29 is 0 Å². The summed E-state index contributed by atoms with van der Waals surface area (Å²) in [7, 11) is 0. The molecule has 23 unspecified atom stereocenters. The molecule has 0 bridgehead atoms. The number of thioether (sulfide) groups is 4. The van der Waals surface area contributed by atoms with Crippen molar-refractivity contribution in [3.8, 4) is 0 Å². The van der Waals surface area contributed by atoms with Crippen LogP contribution in [0.25, 0.3) is 0 Å². The molecule has 23 atom stereocenters. The average molecular weight is 1060 g/mol. The number of thiol groups is 3. The second kappa shape index (κ2) is 30.9. The van der Waals surface area contributed by atoms with Crippen LogP contribution >= 0.6 is 84.9 Å². The molecule has 0 amide bonds. The lowest BCUT2D eigenvalue weighted by Crippen LogP contribution is -2.35. The summed E-state index contributed by atoms with van der Waals surface area (Å²) in [5.41, 5.74) is 0. The van der Waals surface area contributed by atoms with E-state index < -0.39 is 0 Å². The Balaban J connectivity index is 0.000000251. The smallest absolute Gasteiger partial charge is 0.00783 e. The largest absolute Gasteiger partial charge is 0.179 e. The fourth-order valence-corrected chi connectivity index (χ4v) is 21.7. The van der Waals surface area contributed by atoms with E-state index in [0.717, 1.165) is 127 Å². The molecule has 394 valence electrons. The van der Waals surface area contributed by atoms with E-state index in [1.807, 2.05) is 0 Å². The molecule has 0 radical (unpaired) electrons. The zero-order valence-corrected chi connectivity index (χ0v) is 51.9. The second-order valence-corrected chi connectivity index (χ2v) is 32.7. The van der Waals surface area contributed by atoms with Gasteiger partial charge in [-0.1, -0.05) is 102 Å². The highest BCUT2D eigenvalue weighted by atomic mass is 32.2. The van der Waals surface area contributed by atoms with E-state index in [1.165, 1.54) is 151 Å². The lowest BCUT2D eigenvalue weighted by Gasteiger charge is -2.42. The maximum atomic E-state index is 4.89. The van der Waals surface area contributed by atoms with Crippen molar-refractivity contribution >= 4 is 84.9 Å². The Kier molecular flexibility index (Phi) is 27.8. The van der Waals surface area contributed by atoms with Crippen LogP contribution in [-0.4, -0.2) is 60.3 Å². The summed E-state index contributed by atoms with van der Waals surface area (Å²) in [6.07, 6.45) is 28.8. The van der Waals surface area contributed by atoms with Gasteiger partial charge in [0.1, 0.15) is 0 Å². The molecule has 0 aromatic heterocycles. The summed E-state index contributed by atoms with van der Waals surface area (Å²) < 4.78 is 0. The van der Waals surface area contributed by atoms with E-state index in [2.05, 4.69) is 143 Å². The first-order chi connectivity index (χ1) is 32.0. The molecule has 0 nitrogen and oxygen atoms in total.